The Morgan fingerprint density at radius 3 is 2.63 bits per heavy atom. The van der Waals surface area contributed by atoms with Gasteiger partial charge in [-0.2, -0.15) is 0 Å². The molecule has 4 nitrogen and oxygen atoms in total. The lowest BCUT2D eigenvalue weighted by Gasteiger charge is -2.17. The van der Waals surface area contributed by atoms with E-state index in [0.717, 1.165) is 11.1 Å². The molecule has 0 heterocycles. The molecule has 0 aliphatic heterocycles. The quantitative estimate of drug-likeness (QED) is 0.803. The Morgan fingerprint density at radius 1 is 1.37 bits per heavy atom. The number of rotatable bonds is 5. The average molecular weight is 260 g/mol. The summed E-state index contributed by atoms with van der Waals surface area (Å²) in [4.78, 5) is 13.4. The fourth-order valence-corrected chi connectivity index (χ4v) is 1.59. The molecule has 0 bridgehead atoms. The second kappa shape index (κ2) is 8.30. The van der Waals surface area contributed by atoms with Crippen LogP contribution in [0.25, 0.3) is 0 Å². The highest BCUT2D eigenvalue weighted by molar-refractivity contribution is 5.75. The summed E-state index contributed by atoms with van der Waals surface area (Å²) in [6.45, 7) is 1.41. The zero-order valence-electron chi connectivity index (χ0n) is 11.5. The zero-order valence-corrected chi connectivity index (χ0v) is 11.5. The number of nitrogens with zero attached hydrogens (tertiary/aromatic N) is 1. The lowest BCUT2D eigenvalue weighted by atomic mass is 10.1. The van der Waals surface area contributed by atoms with Crippen LogP contribution in [-0.2, 0) is 16.1 Å². The first-order chi connectivity index (χ1) is 9.17. The summed E-state index contributed by atoms with van der Waals surface area (Å²) < 4.78 is 4.89. The Balaban J connectivity index is 2.55. The van der Waals surface area contributed by atoms with Crippen molar-refractivity contribution in [3.63, 3.8) is 0 Å². The van der Waals surface area contributed by atoms with Gasteiger partial charge in [0.2, 0.25) is 5.91 Å². The van der Waals surface area contributed by atoms with E-state index >= 15 is 0 Å². The molecule has 1 amide bonds. The van der Waals surface area contributed by atoms with Crippen LogP contribution >= 0.6 is 0 Å². The van der Waals surface area contributed by atoms with Crippen molar-refractivity contribution in [1.82, 2.24) is 4.90 Å². The van der Waals surface area contributed by atoms with Gasteiger partial charge in [0.25, 0.3) is 0 Å². The first-order valence-corrected chi connectivity index (χ1v) is 6.18. The number of carbonyl (C=O) groups excluding carboxylic acids is 1. The van der Waals surface area contributed by atoms with E-state index in [-0.39, 0.29) is 5.91 Å². The van der Waals surface area contributed by atoms with E-state index < -0.39 is 0 Å². The number of amides is 1. The first-order valence-electron chi connectivity index (χ1n) is 6.18. The molecule has 102 valence electrons. The van der Waals surface area contributed by atoms with Crippen LogP contribution in [0.1, 0.15) is 17.5 Å². The van der Waals surface area contributed by atoms with Crippen molar-refractivity contribution in [1.29, 1.82) is 0 Å². The maximum Gasteiger partial charge on any atom is 0.224 e. The fourth-order valence-electron chi connectivity index (χ4n) is 1.59. The summed E-state index contributed by atoms with van der Waals surface area (Å²) in [5.74, 6) is 5.85. The van der Waals surface area contributed by atoms with Crippen LogP contribution in [0.15, 0.2) is 24.3 Å². The van der Waals surface area contributed by atoms with Gasteiger partial charge in [-0.3, -0.25) is 4.79 Å². The molecule has 0 radical (unpaired) electrons. The minimum absolute atomic E-state index is 0.0776. The van der Waals surface area contributed by atoms with Crippen LogP contribution in [0.5, 0.6) is 0 Å². The Morgan fingerprint density at radius 2 is 2.05 bits per heavy atom. The Bertz CT molecular complexity index is 457. The Hall–Kier alpha value is -1.83. The molecule has 1 rings (SSSR count). The zero-order chi connectivity index (χ0) is 14.1. The summed E-state index contributed by atoms with van der Waals surface area (Å²) >= 11 is 0. The number of carbonyl (C=O) groups is 1. The minimum Gasteiger partial charge on any atom is -0.384 e. The molecule has 19 heavy (non-hydrogen) atoms. The number of methoxy groups -OCH3 is 1. The van der Waals surface area contributed by atoms with Crippen LogP contribution in [0.2, 0.25) is 0 Å². The highest BCUT2D eigenvalue weighted by Crippen LogP contribution is 2.07. The monoisotopic (exact) mass is 260 g/mol. The van der Waals surface area contributed by atoms with Crippen molar-refractivity contribution in [2.75, 3.05) is 27.3 Å². The highest BCUT2D eigenvalue weighted by atomic mass is 16.5. The van der Waals surface area contributed by atoms with Crippen molar-refractivity contribution in [2.24, 2.45) is 5.73 Å². The fraction of sp³-hybridized carbons (Fsp3) is 0.400. The maximum absolute atomic E-state index is 11.7. The molecular weight excluding hydrogens is 240 g/mol. The number of nitrogens with two attached hydrogens (primary N) is 1. The molecule has 1 aromatic rings. The summed E-state index contributed by atoms with van der Waals surface area (Å²) in [7, 11) is 3.38. The number of benzene rings is 1. The largest absolute Gasteiger partial charge is 0.384 e. The number of hydrogen-bond donors (Lipinski definition) is 1. The van der Waals surface area contributed by atoms with E-state index in [1.165, 1.54) is 0 Å². The van der Waals surface area contributed by atoms with Crippen molar-refractivity contribution >= 4 is 5.91 Å². The van der Waals surface area contributed by atoms with Crippen LogP contribution in [0.4, 0.5) is 0 Å². The molecule has 0 aromatic heterocycles. The molecule has 4 heteroatoms. The first kappa shape index (κ1) is 15.2. The topological polar surface area (TPSA) is 55.6 Å². The Labute approximate surface area is 114 Å². The second-order valence-electron chi connectivity index (χ2n) is 4.20. The van der Waals surface area contributed by atoms with Gasteiger partial charge < -0.3 is 15.4 Å². The van der Waals surface area contributed by atoms with Crippen molar-refractivity contribution in [3.05, 3.63) is 35.4 Å². The molecule has 0 atom stereocenters. The predicted molar refractivity (Wildman–Crippen MR) is 75.3 cm³/mol. The summed E-state index contributed by atoms with van der Waals surface area (Å²) in [5, 5.41) is 0. The standard InChI is InChI=1S/C15H20N2O2/c1-17(15(18)9-11-19-2)12-14-7-5-13(6-8-14)4-3-10-16/h5-8H,9-12,16H2,1-2H3. The SMILES string of the molecule is COCCC(=O)N(C)Cc1ccc(C#CCN)cc1. The third kappa shape index (κ3) is 5.56. The van der Waals surface area contributed by atoms with Gasteiger partial charge in [-0.05, 0) is 17.7 Å². The number of ether oxygens (including phenoxy) is 1. The molecular formula is C15H20N2O2. The average Bonchev–Trinajstić information content (AvgIpc) is 2.43. The smallest absolute Gasteiger partial charge is 0.224 e. The van der Waals surface area contributed by atoms with E-state index in [2.05, 4.69) is 11.8 Å². The van der Waals surface area contributed by atoms with E-state index in [9.17, 15) is 4.79 Å². The van der Waals surface area contributed by atoms with Gasteiger partial charge >= 0.3 is 0 Å². The third-order valence-electron chi connectivity index (χ3n) is 2.65. The predicted octanol–water partition coefficient (Wildman–Crippen LogP) is 0.992. The van der Waals surface area contributed by atoms with Crippen LogP contribution in [0.3, 0.4) is 0 Å². The van der Waals surface area contributed by atoms with Gasteiger partial charge in [0, 0.05) is 26.3 Å². The molecule has 0 aliphatic carbocycles. The third-order valence-corrected chi connectivity index (χ3v) is 2.65. The molecule has 0 saturated heterocycles. The van der Waals surface area contributed by atoms with Gasteiger partial charge in [0.05, 0.1) is 19.6 Å². The van der Waals surface area contributed by atoms with E-state index in [4.69, 9.17) is 10.5 Å². The molecule has 0 fully saturated rings. The van der Waals surface area contributed by atoms with Gasteiger partial charge in [0.15, 0.2) is 0 Å². The lowest BCUT2D eigenvalue weighted by molar-refractivity contribution is -0.131. The Kier molecular flexibility index (Phi) is 6.65. The second-order valence-corrected chi connectivity index (χ2v) is 4.20. The van der Waals surface area contributed by atoms with Crippen LogP contribution in [-0.4, -0.2) is 38.1 Å². The van der Waals surface area contributed by atoms with Crippen molar-refractivity contribution in [2.45, 2.75) is 13.0 Å². The van der Waals surface area contributed by atoms with E-state index in [1.807, 2.05) is 24.3 Å². The summed E-state index contributed by atoms with van der Waals surface area (Å²) in [6.07, 6.45) is 0.410. The van der Waals surface area contributed by atoms with Crippen molar-refractivity contribution < 1.29 is 9.53 Å². The van der Waals surface area contributed by atoms with Crippen molar-refractivity contribution in [3.8, 4) is 11.8 Å². The molecule has 0 unspecified atom stereocenters. The van der Waals surface area contributed by atoms with Crippen LogP contribution < -0.4 is 5.73 Å². The molecule has 0 aliphatic rings. The highest BCUT2D eigenvalue weighted by Gasteiger charge is 2.08. The molecule has 2 N–H and O–H groups in total. The number of hydrogen-bond acceptors (Lipinski definition) is 3. The molecule has 1 aromatic carbocycles. The van der Waals surface area contributed by atoms with E-state index in [1.54, 1.807) is 19.1 Å². The molecule has 0 spiro atoms. The normalized spacial score (nSPS) is 9.63. The maximum atomic E-state index is 11.7. The van der Waals surface area contributed by atoms with Gasteiger partial charge in [-0.1, -0.05) is 24.0 Å². The van der Waals surface area contributed by atoms with Gasteiger partial charge in [0.1, 0.15) is 0 Å². The van der Waals surface area contributed by atoms with Gasteiger partial charge in [-0.25, -0.2) is 0 Å². The van der Waals surface area contributed by atoms with E-state index in [0.29, 0.717) is 26.1 Å². The van der Waals surface area contributed by atoms with Crippen LogP contribution in [0, 0.1) is 11.8 Å². The molecule has 0 saturated carbocycles. The lowest BCUT2D eigenvalue weighted by Crippen LogP contribution is -2.26. The minimum atomic E-state index is 0.0776. The van der Waals surface area contributed by atoms with Gasteiger partial charge in [-0.15, -0.1) is 0 Å². The summed E-state index contributed by atoms with van der Waals surface area (Å²) in [5.41, 5.74) is 7.33. The summed E-state index contributed by atoms with van der Waals surface area (Å²) in [6, 6.07) is 7.82.